The van der Waals surface area contributed by atoms with Gasteiger partial charge >= 0.3 is 0 Å². The third kappa shape index (κ3) is 2.12. The van der Waals surface area contributed by atoms with Crippen molar-refractivity contribution >= 4 is 11.8 Å². The zero-order valence-electron chi connectivity index (χ0n) is 8.43. The van der Waals surface area contributed by atoms with Crippen LogP contribution in [0.3, 0.4) is 0 Å². The standard InChI is InChI=1S/C10H10N2O2S/c1-13-8-5-3-7(4-6-8)9-11-10(15-2)14-12-9/h3-6H,1-2H3. The Morgan fingerprint density at radius 2 is 2.00 bits per heavy atom. The summed E-state index contributed by atoms with van der Waals surface area (Å²) in [5, 5.41) is 4.44. The average molecular weight is 222 g/mol. The van der Waals surface area contributed by atoms with E-state index in [1.807, 2.05) is 30.5 Å². The largest absolute Gasteiger partial charge is 0.497 e. The molecule has 2 aromatic rings. The molecule has 0 bridgehead atoms. The van der Waals surface area contributed by atoms with Gasteiger partial charge in [0.1, 0.15) is 5.75 Å². The maximum Gasteiger partial charge on any atom is 0.285 e. The highest BCUT2D eigenvalue weighted by Gasteiger charge is 2.07. The lowest BCUT2D eigenvalue weighted by atomic mass is 10.2. The van der Waals surface area contributed by atoms with Gasteiger partial charge in [-0.2, -0.15) is 4.98 Å². The van der Waals surface area contributed by atoms with E-state index in [9.17, 15) is 0 Å². The Morgan fingerprint density at radius 1 is 1.27 bits per heavy atom. The van der Waals surface area contributed by atoms with Crippen molar-refractivity contribution in [3.05, 3.63) is 24.3 Å². The molecule has 0 unspecified atom stereocenters. The van der Waals surface area contributed by atoms with Gasteiger partial charge in [-0.1, -0.05) is 16.9 Å². The first-order valence-corrected chi connectivity index (χ1v) is 5.58. The van der Waals surface area contributed by atoms with Crippen molar-refractivity contribution < 1.29 is 9.26 Å². The summed E-state index contributed by atoms with van der Waals surface area (Å²) in [6.45, 7) is 0. The van der Waals surface area contributed by atoms with Crippen LogP contribution in [0.4, 0.5) is 0 Å². The second kappa shape index (κ2) is 4.35. The van der Waals surface area contributed by atoms with Crippen LogP contribution >= 0.6 is 11.8 Å². The van der Waals surface area contributed by atoms with Gasteiger partial charge in [-0.05, 0) is 30.5 Å². The van der Waals surface area contributed by atoms with Crippen LogP contribution in [0.15, 0.2) is 34.0 Å². The fourth-order valence-electron chi connectivity index (χ4n) is 1.15. The van der Waals surface area contributed by atoms with Crippen molar-refractivity contribution in [3.63, 3.8) is 0 Å². The number of ether oxygens (including phenoxy) is 1. The Bertz CT molecular complexity index is 439. The number of methoxy groups -OCH3 is 1. The van der Waals surface area contributed by atoms with E-state index in [-0.39, 0.29) is 0 Å². The first-order chi connectivity index (χ1) is 7.33. The molecule has 0 saturated heterocycles. The van der Waals surface area contributed by atoms with Crippen LogP contribution in [0.25, 0.3) is 11.4 Å². The number of benzene rings is 1. The highest BCUT2D eigenvalue weighted by atomic mass is 32.2. The number of aromatic nitrogens is 2. The van der Waals surface area contributed by atoms with E-state index in [1.54, 1.807) is 7.11 Å². The van der Waals surface area contributed by atoms with Crippen LogP contribution in [-0.2, 0) is 0 Å². The molecular formula is C10H10N2O2S. The molecule has 15 heavy (non-hydrogen) atoms. The zero-order chi connectivity index (χ0) is 10.7. The third-order valence-corrected chi connectivity index (χ3v) is 2.45. The lowest BCUT2D eigenvalue weighted by Crippen LogP contribution is -1.83. The van der Waals surface area contributed by atoms with E-state index < -0.39 is 0 Å². The highest BCUT2D eigenvalue weighted by Crippen LogP contribution is 2.21. The minimum atomic E-state index is 0.570. The van der Waals surface area contributed by atoms with Gasteiger partial charge in [0, 0.05) is 5.56 Å². The first kappa shape index (κ1) is 10.0. The Kier molecular flexibility index (Phi) is 2.91. The van der Waals surface area contributed by atoms with Crippen LogP contribution in [-0.4, -0.2) is 23.5 Å². The average Bonchev–Trinajstić information content (AvgIpc) is 2.78. The summed E-state index contributed by atoms with van der Waals surface area (Å²) < 4.78 is 10.1. The molecule has 0 saturated carbocycles. The second-order valence-corrected chi connectivity index (χ2v) is 3.57. The summed E-state index contributed by atoms with van der Waals surface area (Å²) in [7, 11) is 1.63. The Balaban J connectivity index is 2.28. The molecule has 1 heterocycles. The fourth-order valence-corrected chi connectivity index (χ4v) is 1.44. The number of thioether (sulfide) groups is 1. The van der Waals surface area contributed by atoms with Crippen LogP contribution in [0.1, 0.15) is 0 Å². The summed E-state index contributed by atoms with van der Waals surface area (Å²) in [5.74, 6) is 1.41. The predicted octanol–water partition coefficient (Wildman–Crippen LogP) is 2.47. The van der Waals surface area contributed by atoms with Crippen molar-refractivity contribution in [2.75, 3.05) is 13.4 Å². The van der Waals surface area contributed by atoms with E-state index in [1.165, 1.54) is 11.8 Å². The maximum absolute atomic E-state index is 5.06. The van der Waals surface area contributed by atoms with E-state index in [4.69, 9.17) is 9.26 Å². The smallest absolute Gasteiger partial charge is 0.285 e. The molecule has 1 aromatic carbocycles. The summed E-state index contributed by atoms with van der Waals surface area (Å²) >= 11 is 1.43. The van der Waals surface area contributed by atoms with Gasteiger partial charge in [-0.15, -0.1) is 0 Å². The van der Waals surface area contributed by atoms with Gasteiger partial charge in [0.05, 0.1) is 7.11 Å². The molecule has 4 nitrogen and oxygen atoms in total. The SMILES string of the molecule is COc1ccc(-c2noc(SC)n2)cc1. The van der Waals surface area contributed by atoms with Gasteiger partial charge < -0.3 is 9.26 Å². The van der Waals surface area contributed by atoms with Crippen molar-refractivity contribution in [2.24, 2.45) is 0 Å². The van der Waals surface area contributed by atoms with E-state index in [0.717, 1.165) is 11.3 Å². The lowest BCUT2D eigenvalue weighted by Gasteiger charge is -1.98. The van der Waals surface area contributed by atoms with Crippen LogP contribution in [0.5, 0.6) is 5.75 Å². The molecule has 0 atom stereocenters. The van der Waals surface area contributed by atoms with E-state index >= 15 is 0 Å². The Labute approximate surface area is 91.6 Å². The van der Waals surface area contributed by atoms with Crippen LogP contribution in [0.2, 0.25) is 0 Å². The molecule has 0 radical (unpaired) electrons. The fraction of sp³-hybridized carbons (Fsp3) is 0.200. The number of nitrogens with zero attached hydrogens (tertiary/aromatic N) is 2. The van der Waals surface area contributed by atoms with Crippen LogP contribution in [0, 0.1) is 0 Å². The van der Waals surface area contributed by atoms with Crippen molar-refractivity contribution in [1.82, 2.24) is 10.1 Å². The lowest BCUT2D eigenvalue weighted by molar-refractivity contribution is 0.341. The minimum absolute atomic E-state index is 0.570. The molecule has 2 rings (SSSR count). The van der Waals surface area contributed by atoms with Crippen molar-refractivity contribution in [2.45, 2.75) is 5.22 Å². The number of rotatable bonds is 3. The molecule has 78 valence electrons. The van der Waals surface area contributed by atoms with Crippen LogP contribution < -0.4 is 4.74 Å². The van der Waals surface area contributed by atoms with Gasteiger partial charge in [0.15, 0.2) is 0 Å². The van der Waals surface area contributed by atoms with E-state index in [2.05, 4.69) is 10.1 Å². The molecule has 0 N–H and O–H groups in total. The normalized spacial score (nSPS) is 10.3. The Morgan fingerprint density at radius 3 is 2.53 bits per heavy atom. The monoisotopic (exact) mass is 222 g/mol. The minimum Gasteiger partial charge on any atom is -0.497 e. The molecule has 5 heteroatoms. The highest BCUT2D eigenvalue weighted by molar-refractivity contribution is 7.98. The molecule has 0 aliphatic carbocycles. The van der Waals surface area contributed by atoms with Gasteiger partial charge in [0.25, 0.3) is 5.22 Å². The van der Waals surface area contributed by atoms with E-state index in [0.29, 0.717) is 11.0 Å². The number of hydrogen-bond acceptors (Lipinski definition) is 5. The molecule has 0 amide bonds. The molecule has 0 aliphatic rings. The Hall–Kier alpha value is -1.49. The topological polar surface area (TPSA) is 48.2 Å². The summed E-state index contributed by atoms with van der Waals surface area (Å²) in [4.78, 5) is 4.20. The van der Waals surface area contributed by atoms with Gasteiger partial charge in [0.2, 0.25) is 5.82 Å². The van der Waals surface area contributed by atoms with Gasteiger partial charge in [-0.3, -0.25) is 0 Å². The molecule has 1 aromatic heterocycles. The van der Waals surface area contributed by atoms with Crippen molar-refractivity contribution in [3.8, 4) is 17.1 Å². The maximum atomic E-state index is 5.06. The predicted molar refractivity (Wildman–Crippen MR) is 58.1 cm³/mol. The van der Waals surface area contributed by atoms with Crippen molar-refractivity contribution in [1.29, 1.82) is 0 Å². The van der Waals surface area contributed by atoms with Gasteiger partial charge in [-0.25, -0.2) is 0 Å². The molecule has 0 fully saturated rings. The summed E-state index contributed by atoms with van der Waals surface area (Å²) in [6.07, 6.45) is 1.89. The second-order valence-electron chi connectivity index (χ2n) is 2.82. The molecule has 0 spiro atoms. The summed E-state index contributed by atoms with van der Waals surface area (Å²) in [6, 6.07) is 7.52. The number of hydrogen-bond donors (Lipinski definition) is 0. The zero-order valence-corrected chi connectivity index (χ0v) is 9.25. The summed E-state index contributed by atoms with van der Waals surface area (Å²) in [5.41, 5.74) is 0.917. The first-order valence-electron chi connectivity index (χ1n) is 4.35. The third-order valence-electron chi connectivity index (χ3n) is 1.93. The molecule has 0 aliphatic heterocycles. The quantitative estimate of drug-likeness (QED) is 0.746. The molecular weight excluding hydrogens is 212 g/mol.